The molecule has 0 bridgehead atoms. The van der Waals surface area contributed by atoms with Gasteiger partial charge >= 0.3 is 0 Å². The molecule has 0 saturated carbocycles. The van der Waals surface area contributed by atoms with E-state index in [1.807, 2.05) is 0 Å². The van der Waals surface area contributed by atoms with Crippen molar-refractivity contribution in [1.82, 2.24) is 0 Å². The predicted molar refractivity (Wildman–Crippen MR) is 167 cm³/mol. The van der Waals surface area contributed by atoms with Crippen LogP contribution in [0.3, 0.4) is 0 Å². The molecule has 190 valence electrons. The molecule has 1 nitrogen and oxygen atoms in total. The van der Waals surface area contributed by atoms with Crippen molar-refractivity contribution in [2.75, 3.05) is 0 Å². The topological polar surface area (TPSA) is 23.9 Å². The number of hydrogen-bond acceptors (Lipinski definition) is 1. The highest BCUT2D eigenvalue weighted by molar-refractivity contribution is 5.99. The van der Waals surface area contributed by atoms with Gasteiger partial charge in [0.05, 0.1) is 5.41 Å². The fraction of sp³-hybridized carbons (Fsp3) is 0.103. The first-order valence-electron chi connectivity index (χ1n) is 14.0. The molecular weight excluding hydrogens is 482 g/mol. The summed E-state index contributed by atoms with van der Waals surface area (Å²) in [5.74, 6) is 0. The van der Waals surface area contributed by atoms with Crippen LogP contribution in [0.2, 0.25) is 0 Å². The predicted octanol–water partition coefficient (Wildman–Crippen LogP) is 9.51. The van der Waals surface area contributed by atoms with Gasteiger partial charge in [0.25, 0.3) is 0 Å². The molecule has 40 heavy (non-hydrogen) atoms. The van der Waals surface area contributed by atoms with Crippen LogP contribution in [0.4, 0.5) is 0 Å². The summed E-state index contributed by atoms with van der Waals surface area (Å²) in [6.45, 7) is 4.70. The fourth-order valence-electron chi connectivity index (χ4n) is 7.66. The maximum absolute atomic E-state index is 8.39. The molecule has 6 aromatic carbocycles. The van der Waals surface area contributed by atoms with E-state index in [1.165, 1.54) is 72.6 Å². The van der Waals surface area contributed by atoms with Crippen molar-refractivity contribution in [3.8, 4) is 22.3 Å². The standard InChI is InChI=1S/C39H29N/c1-38(2)32-13-5-7-15-34(32)39(35-16-8-6-14-33(35)38)31-21-20-28(27-19-18-25-10-3-4-11-26(25)22-27)23-30(31)37-29(24-40)12-9-17-36(37)39/h3-24,40H,1-2H3. The molecule has 0 amide bonds. The largest absolute Gasteiger partial charge is 0.308 e. The number of nitrogens with one attached hydrogen (secondary N) is 1. The van der Waals surface area contributed by atoms with Gasteiger partial charge in [0, 0.05) is 17.2 Å². The van der Waals surface area contributed by atoms with Gasteiger partial charge in [0.15, 0.2) is 0 Å². The minimum Gasteiger partial charge on any atom is -0.308 e. The quantitative estimate of drug-likeness (QED) is 0.224. The Balaban J connectivity index is 1.49. The number of rotatable bonds is 2. The van der Waals surface area contributed by atoms with Gasteiger partial charge in [-0.15, -0.1) is 0 Å². The minimum atomic E-state index is -0.436. The molecule has 1 N–H and O–H groups in total. The summed E-state index contributed by atoms with van der Waals surface area (Å²) in [5.41, 5.74) is 13.2. The van der Waals surface area contributed by atoms with Crippen molar-refractivity contribution in [2.24, 2.45) is 0 Å². The van der Waals surface area contributed by atoms with E-state index in [0.29, 0.717) is 0 Å². The van der Waals surface area contributed by atoms with E-state index >= 15 is 0 Å². The number of hydrogen-bond donors (Lipinski definition) is 1. The third-order valence-electron chi connectivity index (χ3n) is 9.44. The number of fused-ring (bicyclic) bond motifs is 10. The summed E-state index contributed by atoms with van der Waals surface area (Å²) in [6.07, 6.45) is 1.52. The monoisotopic (exact) mass is 511 g/mol. The lowest BCUT2D eigenvalue weighted by Crippen LogP contribution is -2.40. The molecule has 0 atom stereocenters. The summed E-state index contributed by atoms with van der Waals surface area (Å²) in [7, 11) is 0. The van der Waals surface area contributed by atoms with Crippen LogP contribution in [0, 0.1) is 5.41 Å². The Labute approximate surface area is 235 Å². The Hall–Kier alpha value is -4.75. The first-order valence-corrected chi connectivity index (χ1v) is 14.0. The molecule has 2 aliphatic rings. The van der Waals surface area contributed by atoms with Crippen LogP contribution >= 0.6 is 0 Å². The van der Waals surface area contributed by atoms with Crippen molar-refractivity contribution < 1.29 is 0 Å². The molecule has 1 heteroatoms. The van der Waals surface area contributed by atoms with Crippen LogP contribution in [0.25, 0.3) is 33.0 Å². The van der Waals surface area contributed by atoms with Crippen LogP contribution in [-0.2, 0) is 10.8 Å². The third-order valence-corrected chi connectivity index (χ3v) is 9.44. The molecular formula is C39H29N. The highest BCUT2D eigenvalue weighted by Crippen LogP contribution is 2.62. The summed E-state index contributed by atoms with van der Waals surface area (Å²) in [4.78, 5) is 0. The SMILES string of the molecule is CC1(C)c2ccccc2C2(c3ccc(-c4ccc5ccccc5c4)cc3-c3c(C=N)cccc32)c2ccccc21. The van der Waals surface area contributed by atoms with Crippen LogP contribution in [0.15, 0.2) is 127 Å². The Kier molecular flexibility index (Phi) is 4.71. The van der Waals surface area contributed by atoms with Gasteiger partial charge < -0.3 is 5.41 Å². The van der Waals surface area contributed by atoms with Crippen LogP contribution < -0.4 is 0 Å². The van der Waals surface area contributed by atoms with Crippen molar-refractivity contribution in [3.05, 3.63) is 166 Å². The average molecular weight is 512 g/mol. The van der Waals surface area contributed by atoms with E-state index in [-0.39, 0.29) is 5.41 Å². The highest BCUT2D eigenvalue weighted by Gasteiger charge is 2.53. The summed E-state index contributed by atoms with van der Waals surface area (Å²) in [5, 5.41) is 10.9. The van der Waals surface area contributed by atoms with Crippen molar-refractivity contribution in [1.29, 1.82) is 5.41 Å². The molecule has 8 rings (SSSR count). The van der Waals surface area contributed by atoms with Gasteiger partial charge in [-0.25, -0.2) is 0 Å². The van der Waals surface area contributed by atoms with E-state index in [0.717, 1.165) is 5.56 Å². The van der Waals surface area contributed by atoms with E-state index < -0.39 is 5.41 Å². The molecule has 0 heterocycles. The second-order valence-corrected chi connectivity index (χ2v) is 11.7. The average Bonchev–Trinajstić information content (AvgIpc) is 3.30. The first-order chi connectivity index (χ1) is 19.5. The first kappa shape index (κ1) is 23.2. The van der Waals surface area contributed by atoms with Gasteiger partial charge in [-0.05, 0) is 78.5 Å². The van der Waals surface area contributed by atoms with Gasteiger partial charge in [0.1, 0.15) is 0 Å². The van der Waals surface area contributed by atoms with E-state index in [4.69, 9.17) is 5.41 Å². The molecule has 1 spiro atoms. The third kappa shape index (κ3) is 2.85. The van der Waals surface area contributed by atoms with Crippen molar-refractivity contribution in [3.63, 3.8) is 0 Å². The van der Waals surface area contributed by atoms with Gasteiger partial charge in [-0.1, -0.05) is 129 Å². The van der Waals surface area contributed by atoms with Crippen LogP contribution in [0.5, 0.6) is 0 Å². The lowest BCUT2D eigenvalue weighted by molar-refractivity contribution is 0.563. The molecule has 2 aliphatic carbocycles. The normalized spacial score (nSPS) is 15.2. The van der Waals surface area contributed by atoms with Crippen LogP contribution in [0.1, 0.15) is 52.8 Å². The van der Waals surface area contributed by atoms with E-state index in [2.05, 4.69) is 141 Å². The minimum absolute atomic E-state index is 0.119. The molecule has 0 saturated heterocycles. The van der Waals surface area contributed by atoms with Gasteiger partial charge in [-0.2, -0.15) is 0 Å². The number of benzene rings is 6. The molecule has 0 fully saturated rings. The summed E-state index contributed by atoms with van der Waals surface area (Å²) >= 11 is 0. The summed E-state index contributed by atoms with van der Waals surface area (Å²) < 4.78 is 0. The molecule has 6 aromatic rings. The van der Waals surface area contributed by atoms with Gasteiger partial charge in [-0.3, -0.25) is 0 Å². The molecule has 0 aromatic heterocycles. The highest BCUT2D eigenvalue weighted by atomic mass is 14.5. The zero-order chi connectivity index (χ0) is 27.1. The second-order valence-electron chi connectivity index (χ2n) is 11.7. The van der Waals surface area contributed by atoms with Crippen molar-refractivity contribution >= 4 is 17.0 Å². The fourth-order valence-corrected chi connectivity index (χ4v) is 7.66. The summed E-state index contributed by atoms with van der Waals surface area (Å²) in [6, 6.07) is 46.8. The Morgan fingerprint density at radius 2 is 1.07 bits per heavy atom. The van der Waals surface area contributed by atoms with E-state index in [1.54, 1.807) is 0 Å². The van der Waals surface area contributed by atoms with Gasteiger partial charge in [0.2, 0.25) is 0 Å². The molecule has 0 aliphatic heterocycles. The lowest BCUT2D eigenvalue weighted by atomic mass is 9.55. The lowest BCUT2D eigenvalue weighted by Gasteiger charge is -2.46. The molecule has 0 radical (unpaired) electrons. The maximum Gasteiger partial charge on any atom is 0.0719 e. The maximum atomic E-state index is 8.39. The second kappa shape index (κ2) is 8.13. The Morgan fingerprint density at radius 3 is 1.77 bits per heavy atom. The molecule has 0 unspecified atom stereocenters. The van der Waals surface area contributed by atoms with E-state index in [9.17, 15) is 0 Å². The zero-order valence-corrected chi connectivity index (χ0v) is 22.7. The van der Waals surface area contributed by atoms with Crippen molar-refractivity contribution in [2.45, 2.75) is 24.7 Å². The smallest absolute Gasteiger partial charge is 0.0719 e. The zero-order valence-electron chi connectivity index (χ0n) is 22.7. The Morgan fingerprint density at radius 1 is 0.500 bits per heavy atom. The van der Waals surface area contributed by atoms with Crippen LogP contribution in [-0.4, -0.2) is 6.21 Å². The Bertz CT molecular complexity index is 1960.